The molecule has 3 atom stereocenters. The first kappa shape index (κ1) is 10.8. The molecule has 4 heterocycles. The molecule has 2 aromatic rings. The highest BCUT2D eigenvalue weighted by molar-refractivity contribution is 9.10. The maximum Gasteiger partial charge on any atom is 0.202 e. The van der Waals surface area contributed by atoms with Crippen LogP contribution in [0.1, 0.15) is 25.3 Å². The van der Waals surface area contributed by atoms with E-state index in [-0.39, 0.29) is 6.10 Å². The van der Waals surface area contributed by atoms with Gasteiger partial charge in [0.25, 0.3) is 0 Å². The van der Waals surface area contributed by atoms with Gasteiger partial charge in [0.2, 0.25) is 5.95 Å². The van der Waals surface area contributed by atoms with E-state index in [4.69, 9.17) is 10.5 Å². The van der Waals surface area contributed by atoms with Crippen molar-refractivity contribution in [2.24, 2.45) is 0 Å². The Morgan fingerprint density at radius 2 is 2.33 bits per heavy atom. The van der Waals surface area contributed by atoms with Gasteiger partial charge in [-0.3, -0.25) is 4.57 Å². The highest BCUT2D eigenvalue weighted by Crippen LogP contribution is 2.43. The van der Waals surface area contributed by atoms with Gasteiger partial charge in [0.1, 0.15) is 5.52 Å². The van der Waals surface area contributed by atoms with E-state index in [2.05, 4.69) is 25.9 Å². The van der Waals surface area contributed by atoms with Gasteiger partial charge in [-0.2, -0.15) is 0 Å². The summed E-state index contributed by atoms with van der Waals surface area (Å²) in [5, 5.41) is 0. The SMILES string of the molecule is Nc1nc2cc(Br)cnc2n1C1CC2CCC1O2. The summed E-state index contributed by atoms with van der Waals surface area (Å²) < 4.78 is 8.86. The van der Waals surface area contributed by atoms with Crippen LogP contribution in [0.2, 0.25) is 0 Å². The number of aromatic nitrogens is 3. The predicted octanol–water partition coefficient (Wildman–Crippen LogP) is 2.27. The summed E-state index contributed by atoms with van der Waals surface area (Å²) in [6.07, 6.45) is 5.77. The first-order chi connectivity index (χ1) is 8.72. The van der Waals surface area contributed by atoms with Gasteiger partial charge in [-0.1, -0.05) is 0 Å². The zero-order chi connectivity index (χ0) is 12.3. The molecule has 2 saturated heterocycles. The van der Waals surface area contributed by atoms with Crippen molar-refractivity contribution in [1.29, 1.82) is 0 Å². The summed E-state index contributed by atoms with van der Waals surface area (Å²) in [6.45, 7) is 0. The highest BCUT2D eigenvalue weighted by atomic mass is 79.9. The van der Waals surface area contributed by atoms with Crippen LogP contribution >= 0.6 is 15.9 Å². The standard InChI is InChI=1S/C12H13BrN4O/c13-6-3-8-11(15-5-6)17(12(14)16-8)9-4-7-1-2-10(9)18-7/h3,5,7,9-10H,1-2,4H2,(H2,14,16). The molecule has 0 amide bonds. The summed E-state index contributed by atoms with van der Waals surface area (Å²) in [5.41, 5.74) is 7.75. The number of nitrogen functional groups attached to an aromatic ring is 1. The molecular formula is C12H13BrN4O. The van der Waals surface area contributed by atoms with Crippen molar-refractivity contribution in [2.75, 3.05) is 5.73 Å². The largest absolute Gasteiger partial charge is 0.373 e. The molecule has 18 heavy (non-hydrogen) atoms. The van der Waals surface area contributed by atoms with Crippen molar-refractivity contribution in [3.63, 3.8) is 0 Å². The number of pyridine rings is 1. The van der Waals surface area contributed by atoms with E-state index in [1.165, 1.54) is 6.42 Å². The molecule has 0 spiro atoms. The predicted molar refractivity (Wildman–Crippen MR) is 71.2 cm³/mol. The van der Waals surface area contributed by atoms with Crippen LogP contribution in [-0.2, 0) is 4.74 Å². The van der Waals surface area contributed by atoms with E-state index in [9.17, 15) is 0 Å². The van der Waals surface area contributed by atoms with Gasteiger partial charge in [0, 0.05) is 10.7 Å². The fraction of sp³-hybridized carbons (Fsp3) is 0.500. The Kier molecular flexibility index (Phi) is 2.20. The molecule has 2 fully saturated rings. The minimum absolute atomic E-state index is 0.278. The zero-order valence-corrected chi connectivity index (χ0v) is 11.3. The number of hydrogen-bond acceptors (Lipinski definition) is 4. The van der Waals surface area contributed by atoms with Crippen molar-refractivity contribution in [1.82, 2.24) is 14.5 Å². The third-order valence-electron chi connectivity index (χ3n) is 3.93. The minimum atomic E-state index is 0.278. The van der Waals surface area contributed by atoms with E-state index in [0.717, 1.165) is 28.5 Å². The van der Waals surface area contributed by atoms with E-state index >= 15 is 0 Å². The van der Waals surface area contributed by atoms with Crippen LogP contribution < -0.4 is 5.73 Å². The number of ether oxygens (including phenoxy) is 1. The summed E-state index contributed by atoms with van der Waals surface area (Å²) in [5.74, 6) is 0.539. The fourth-order valence-corrected chi connectivity index (χ4v) is 3.50. The molecule has 6 heteroatoms. The number of imidazole rings is 1. The molecule has 2 aliphatic heterocycles. The van der Waals surface area contributed by atoms with Gasteiger partial charge in [0.15, 0.2) is 5.65 Å². The number of anilines is 1. The summed E-state index contributed by atoms with van der Waals surface area (Å²) >= 11 is 3.41. The van der Waals surface area contributed by atoms with Crippen molar-refractivity contribution < 1.29 is 4.74 Å². The molecule has 3 unspecified atom stereocenters. The normalized spacial score (nSPS) is 30.4. The molecular weight excluding hydrogens is 296 g/mol. The molecule has 94 valence electrons. The first-order valence-corrected chi connectivity index (χ1v) is 6.96. The molecule has 4 rings (SSSR count). The number of nitrogens with two attached hydrogens (primary N) is 1. The van der Waals surface area contributed by atoms with Gasteiger partial charge >= 0.3 is 0 Å². The second-order valence-electron chi connectivity index (χ2n) is 5.01. The molecule has 2 bridgehead atoms. The Morgan fingerprint density at radius 3 is 3.06 bits per heavy atom. The van der Waals surface area contributed by atoms with E-state index in [1.54, 1.807) is 6.20 Å². The van der Waals surface area contributed by atoms with Crippen molar-refractivity contribution in [3.05, 3.63) is 16.7 Å². The Morgan fingerprint density at radius 1 is 1.44 bits per heavy atom. The van der Waals surface area contributed by atoms with Crippen LogP contribution in [0.4, 0.5) is 5.95 Å². The topological polar surface area (TPSA) is 66.0 Å². The number of rotatable bonds is 1. The molecule has 0 aliphatic carbocycles. The minimum Gasteiger partial charge on any atom is -0.373 e. The lowest BCUT2D eigenvalue weighted by atomic mass is 9.95. The first-order valence-electron chi connectivity index (χ1n) is 6.17. The Labute approximate surface area is 112 Å². The van der Waals surface area contributed by atoms with Crippen LogP contribution in [0.3, 0.4) is 0 Å². The summed E-state index contributed by atoms with van der Waals surface area (Å²) in [6, 6.07) is 2.24. The van der Waals surface area contributed by atoms with Gasteiger partial charge in [-0.15, -0.1) is 0 Å². The van der Waals surface area contributed by atoms with E-state index in [0.29, 0.717) is 18.1 Å². The second-order valence-corrected chi connectivity index (χ2v) is 5.93. The summed E-state index contributed by atoms with van der Waals surface area (Å²) in [4.78, 5) is 8.84. The Balaban J connectivity index is 1.87. The lowest BCUT2D eigenvalue weighted by Crippen LogP contribution is -2.22. The average molecular weight is 309 g/mol. The number of fused-ring (bicyclic) bond motifs is 3. The molecule has 0 radical (unpaired) electrons. The maximum atomic E-state index is 6.06. The lowest BCUT2D eigenvalue weighted by Gasteiger charge is -2.21. The zero-order valence-electron chi connectivity index (χ0n) is 9.71. The number of hydrogen-bond donors (Lipinski definition) is 1. The molecule has 2 aromatic heterocycles. The van der Waals surface area contributed by atoms with Crippen molar-refractivity contribution in [3.8, 4) is 0 Å². The van der Waals surface area contributed by atoms with Crippen molar-refractivity contribution in [2.45, 2.75) is 37.5 Å². The monoisotopic (exact) mass is 308 g/mol. The Bertz CT molecular complexity index is 626. The quantitative estimate of drug-likeness (QED) is 0.877. The number of nitrogens with zero attached hydrogens (tertiary/aromatic N) is 3. The van der Waals surface area contributed by atoms with Gasteiger partial charge in [-0.25, -0.2) is 9.97 Å². The molecule has 0 saturated carbocycles. The van der Waals surface area contributed by atoms with Gasteiger partial charge < -0.3 is 10.5 Å². The van der Waals surface area contributed by atoms with Crippen LogP contribution in [0, 0.1) is 0 Å². The van der Waals surface area contributed by atoms with Crippen LogP contribution in [0.5, 0.6) is 0 Å². The van der Waals surface area contributed by atoms with Gasteiger partial charge in [-0.05, 0) is 41.3 Å². The van der Waals surface area contributed by atoms with Crippen LogP contribution in [0.15, 0.2) is 16.7 Å². The Hall–Kier alpha value is -1.14. The van der Waals surface area contributed by atoms with Crippen LogP contribution in [-0.4, -0.2) is 26.7 Å². The number of halogens is 1. The molecule has 5 nitrogen and oxygen atoms in total. The smallest absolute Gasteiger partial charge is 0.202 e. The van der Waals surface area contributed by atoms with E-state index in [1.807, 2.05) is 10.6 Å². The summed E-state index contributed by atoms with van der Waals surface area (Å²) in [7, 11) is 0. The third kappa shape index (κ3) is 1.42. The van der Waals surface area contributed by atoms with Crippen LogP contribution in [0.25, 0.3) is 11.2 Å². The van der Waals surface area contributed by atoms with E-state index < -0.39 is 0 Å². The molecule has 0 aromatic carbocycles. The average Bonchev–Trinajstić information content (AvgIpc) is 3.00. The highest BCUT2D eigenvalue weighted by Gasteiger charge is 2.43. The lowest BCUT2D eigenvalue weighted by molar-refractivity contribution is 0.0945. The molecule has 2 aliphatic rings. The fourth-order valence-electron chi connectivity index (χ4n) is 3.18. The second kappa shape index (κ2) is 3.68. The third-order valence-corrected chi connectivity index (χ3v) is 4.36. The molecule has 2 N–H and O–H groups in total. The van der Waals surface area contributed by atoms with Gasteiger partial charge in [0.05, 0.1) is 18.2 Å². The van der Waals surface area contributed by atoms with Crippen molar-refractivity contribution >= 4 is 33.0 Å². The maximum absolute atomic E-state index is 6.06.